The summed E-state index contributed by atoms with van der Waals surface area (Å²) in [6.07, 6.45) is 0. The summed E-state index contributed by atoms with van der Waals surface area (Å²) in [6, 6.07) is 12.3. The summed E-state index contributed by atoms with van der Waals surface area (Å²) in [5, 5.41) is 3.64. The molecular formula is C16H21ClN4. The second kappa shape index (κ2) is 6.41. The highest BCUT2D eigenvalue weighted by Crippen LogP contribution is 2.26. The summed E-state index contributed by atoms with van der Waals surface area (Å²) in [4.78, 5) is 10.5. The first kappa shape index (κ1) is 15.7. The molecule has 1 atom stereocenters. The molecule has 4 nitrogen and oxygen atoms in total. The van der Waals surface area contributed by atoms with Gasteiger partial charge < -0.3 is 5.32 Å². The highest BCUT2D eigenvalue weighted by molar-refractivity contribution is 6.28. The van der Waals surface area contributed by atoms with Crippen molar-refractivity contribution in [3.8, 4) is 0 Å². The van der Waals surface area contributed by atoms with E-state index in [0.717, 1.165) is 18.1 Å². The highest BCUT2D eigenvalue weighted by Gasteiger charge is 2.28. The van der Waals surface area contributed by atoms with Gasteiger partial charge in [0.2, 0.25) is 5.28 Å². The van der Waals surface area contributed by atoms with Crippen molar-refractivity contribution in [1.82, 2.24) is 14.9 Å². The number of benzene rings is 1. The molecule has 1 unspecified atom stereocenters. The normalized spacial score (nSPS) is 14.0. The van der Waals surface area contributed by atoms with E-state index in [9.17, 15) is 0 Å². The number of nitrogens with zero attached hydrogens (tertiary/aromatic N) is 3. The number of halogens is 1. The quantitative estimate of drug-likeness (QED) is 0.860. The fourth-order valence-corrected chi connectivity index (χ4v) is 2.43. The first-order valence-corrected chi connectivity index (χ1v) is 7.27. The van der Waals surface area contributed by atoms with Crippen molar-refractivity contribution in [3.05, 3.63) is 52.9 Å². The van der Waals surface area contributed by atoms with Crippen LogP contribution in [0.4, 0.5) is 5.82 Å². The Labute approximate surface area is 131 Å². The molecule has 5 heteroatoms. The van der Waals surface area contributed by atoms with Crippen molar-refractivity contribution in [2.45, 2.75) is 19.4 Å². The van der Waals surface area contributed by atoms with E-state index in [1.807, 2.05) is 19.1 Å². The topological polar surface area (TPSA) is 41.0 Å². The molecule has 2 rings (SSSR count). The minimum absolute atomic E-state index is 0.146. The monoisotopic (exact) mass is 304 g/mol. The van der Waals surface area contributed by atoms with Crippen LogP contribution in [0.1, 0.15) is 18.2 Å². The van der Waals surface area contributed by atoms with Crippen molar-refractivity contribution >= 4 is 17.4 Å². The summed E-state index contributed by atoms with van der Waals surface area (Å²) in [5.74, 6) is 0.747. The molecule has 0 saturated carbocycles. The second-order valence-corrected chi connectivity index (χ2v) is 5.89. The maximum absolute atomic E-state index is 5.91. The molecule has 1 N–H and O–H groups in total. The number of nitrogens with one attached hydrogen (secondary N) is 1. The summed E-state index contributed by atoms with van der Waals surface area (Å²) in [5.41, 5.74) is 1.95. The van der Waals surface area contributed by atoms with Gasteiger partial charge in [0.25, 0.3) is 0 Å². The van der Waals surface area contributed by atoms with Crippen LogP contribution in [0.2, 0.25) is 5.28 Å². The Morgan fingerprint density at radius 2 is 1.86 bits per heavy atom. The lowest BCUT2D eigenvalue weighted by molar-refractivity contribution is 0.188. The molecule has 1 aromatic carbocycles. The number of anilines is 1. The first-order chi connectivity index (χ1) is 9.91. The van der Waals surface area contributed by atoms with Crippen molar-refractivity contribution in [1.29, 1.82) is 0 Å². The summed E-state index contributed by atoms with van der Waals surface area (Å²) in [7, 11) is 4.15. The van der Waals surface area contributed by atoms with Crippen LogP contribution in [0.15, 0.2) is 36.4 Å². The van der Waals surface area contributed by atoms with Gasteiger partial charge >= 0.3 is 0 Å². The lowest BCUT2D eigenvalue weighted by Crippen LogP contribution is -2.44. The Hall–Kier alpha value is -1.65. The molecule has 2 aromatic rings. The Morgan fingerprint density at radius 3 is 2.43 bits per heavy atom. The van der Waals surface area contributed by atoms with E-state index < -0.39 is 0 Å². The molecule has 0 spiro atoms. The van der Waals surface area contributed by atoms with Crippen molar-refractivity contribution < 1.29 is 0 Å². The molecule has 0 aliphatic carbocycles. The SMILES string of the molecule is Cc1cc(NCC(C)(c2ccccc2)N(C)C)nc(Cl)n1. The summed E-state index contributed by atoms with van der Waals surface area (Å²) >= 11 is 5.91. The van der Waals surface area contributed by atoms with Gasteiger partial charge in [-0.2, -0.15) is 0 Å². The van der Waals surface area contributed by atoms with Gasteiger partial charge in [-0.25, -0.2) is 9.97 Å². The van der Waals surface area contributed by atoms with Crippen LogP contribution in [-0.2, 0) is 5.54 Å². The molecule has 0 fully saturated rings. The van der Waals surface area contributed by atoms with Crippen molar-refractivity contribution in [2.24, 2.45) is 0 Å². The third-order valence-corrected chi connectivity index (χ3v) is 3.99. The largest absolute Gasteiger partial charge is 0.368 e. The van der Waals surface area contributed by atoms with E-state index >= 15 is 0 Å². The number of likely N-dealkylation sites (N-methyl/N-ethyl adjacent to an activating group) is 1. The maximum Gasteiger partial charge on any atom is 0.224 e. The van der Waals surface area contributed by atoms with Crippen LogP contribution in [0.25, 0.3) is 0 Å². The molecule has 0 aliphatic rings. The van der Waals surface area contributed by atoms with Crippen LogP contribution >= 0.6 is 11.6 Å². The zero-order valence-electron chi connectivity index (χ0n) is 12.9. The fourth-order valence-electron chi connectivity index (χ4n) is 2.20. The molecule has 0 aliphatic heterocycles. The maximum atomic E-state index is 5.91. The average molecular weight is 305 g/mol. The fraction of sp³-hybridized carbons (Fsp3) is 0.375. The van der Waals surface area contributed by atoms with Crippen molar-refractivity contribution in [2.75, 3.05) is 26.0 Å². The van der Waals surface area contributed by atoms with Gasteiger partial charge in [-0.1, -0.05) is 30.3 Å². The van der Waals surface area contributed by atoms with Crippen LogP contribution < -0.4 is 5.32 Å². The standard InChI is InChI=1S/C16H21ClN4/c1-12-10-14(20-15(17)19-12)18-11-16(2,21(3)4)13-8-6-5-7-9-13/h5-10H,11H2,1-4H3,(H,18,19,20). The minimum atomic E-state index is -0.146. The first-order valence-electron chi connectivity index (χ1n) is 6.90. The molecule has 0 radical (unpaired) electrons. The van der Waals surface area contributed by atoms with Crippen LogP contribution in [-0.4, -0.2) is 35.5 Å². The Kier molecular flexibility index (Phi) is 4.80. The van der Waals surface area contributed by atoms with Gasteiger partial charge in [0.15, 0.2) is 0 Å². The van der Waals surface area contributed by atoms with E-state index in [1.54, 1.807) is 0 Å². The van der Waals surface area contributed by atoms with Gasteiger partial charge in [-0.15, -0.1) is 0 Å². The smallest absolute Gasteiger partial charge is 0.224 e. The predicted octanol–water partition coefficient (Wildman–Crippen LogP) is 3.33. The summed E-state index contributed by atoms with van der Waals surface area (Å²) in [6.45, 7) is 4.82. The van der Waals surface area contributed by atoms with E-state index in [0.29, 0.717) is 0 Å². The van der Waals surface area contributed by atoms with Crippen LogP contribution in [0.5, 0.6) is 0 Å². The minimum Gasteiger partial charge on any atom is -0.368 e. The molecule has 112 valence electrons. The zero-order valence-corrected chi connectivity index (χ0v) is 13.6. The van der Waals surface area contributed by atoms with Gasteiger partial charge in [-0.3, -0.25) is 4.90 Å². The molecular weight excluding hydrogens is 284 g/mol. The van der Waals surface area contributed by atoms with Gasteiger partial charge in [0.05, 0.1) is 5.54 Å². The van der Waals surface area contributed by atoms with E-state index in [1.165, 1.54) is 5.56 Å². The Morgan fingerprint density at radius 1 is 1.19 bits per heavy atom. The lowest BCUT2D eigenvalue weighted by Gasteiger charge is -2.37. The number of rotatable bonds is 5. The van der Waals surface area contributed by atoms with Crippen molar-refractivity contribution in [3.63, 3.8) is 0 Å². The third-order valence-electron chi connectivity index (χ3n) is 3.82. The van der Waals surface area contributed by atoms with E-state index in [2.05, 4.69) is 65.5 Å². The van der Waals surface area contributed by atoms with E-state index in [4.69, 9.17) is 11.6 Å². The van der Waals surface area contributed by atoms with Gasteiger partial charge in [0, 0.05) is 18.3 Å². The average Bonchev–Trinajstić information content (AvgIpc) is 2.44. The number of aryl methyl sites for hydroxylation is 1. The van der Waals surface area contributed by atoms with Gasteiger partial charge in [0.1, 0.15) is 5.82 Å². The second-order valence-electron chi connectivity index (χ2n) is 5.55. The predicted molar refractivity (Wildman–Crippen MR) is 87.7 cm³/mol. The zero-order chi connectivity index (χ0) is 15.5. The number of aromatic nitrogens is 2. The summed E-state index contributed by atoms with van der Waals surface area (Å²) < 4.78 is 0. The van der Waals surface area contributed by atoms with Crippen LogP contribution in [0.3, 0.4) is 0 Å². The number of hydrogen-bond acceptors (Lipinski definition) is 4. The Balaban J connectivity index is 2.21. The third kappa shape index (κ3) is 3.71. The Bertz CT molecular complexity index is 580. The number of hydrogen-bond donors (Lipinski definition) is 1. The van der Waals surface area contributed by atoms with E-state index in [-0.39, 0.29) is 10.8 Å². The molecule has 21 heavy (non-hydrogen) atoms. The molecule has 1 aromatic heterocycles. The molecule has 0 amide bonds. The molecule has 0 bridgehead atoms. The molecule has 1 heterocycles. The molecule has 0 saturated heterocycles. The lowest BCUT2D eigenvalue weighted by atomic mass is 9.90. The van der Waals surface area contributed by atoms with Crippen LogP contribution in [0, 0.1) is 6.92 Å². The van der Waals surface area contributed by atoms with Gasteiger partial charge in [-0.05, 0) is 45.1 Å². The highest BCUT2D eigenvalue weighted by atomic mass is 35.5.